The molecule has 1 aromatic heterocycles. The van der Waals surface area contributed by atoms with Gasteiger partial charge in [-0.1, -0.05) is 48.0 Å². The number of urea groups is 1. The summed E-state index contributed by atoms with van der Waals surface area (Å²) in [6.45, 7) is 3.14. The van der Waals surface area contributed by atoms with E-state index in [1.54, 1.807) is 13.8 Å². The number of carbonyl (C=O) groups is 3. The molecule has 1 aliphatic heterocycles. The van der Waals surface area contributed by atoms with Crippen LogP contribution in [0.4, 0.5) is 4.79 Å². The summed E-state index contributed by atoms with van der Waals surface area (Å²) >= 11 is 6.48. The number of para-hydroxylation sites is 1. The fourth-order valence-electron chi connectivity index (χ4n) is 3.90. The Bertz CT molecular complexity index is 1170. The zero-order valence-electron chi connectivity index (χ0n) is 17.2. The number of imide groups is 1. The predicted molar refractivity (Wildman–Crippen MR) is 119 cm³/mol. The first-order valence-corrected chi connectivity index (χ1v) is 10.4. The first kappa shape index (κ1) is 20.9. The molecule has 0 saturated carbocycles. The molecule has 0 radical (unpaired) electrons. The molecule has 0 bridgehead atoms. The van der Waals surface area contributed by atoms with Crippen LogP contribution >= 0.6 is 11.6 Å². The summed E-state index contributed by atoms with van der Waals surface area (Å²) in [5.41, 5.74) is 1.86. The highest BCUT2D eigenvalue weighted by molar-refractivity contribution is 6.31. The highest BCUT2D eigenvalue weighted by Crippen LogP contribution is 2.34. The zero-order chi connectivity index (χ0) is 22.2. The lowest BCUT2D eigenvalue weighted by Crippen LogP contribution is -2.43. The van der Waals surface area contributed by atoms with Gasteiger partial charge in [-0.25, -0.2) is 4.79 Å². The average molecular weight is 439 g/mol. The topological polar surface area (TPSA) is 94.3 Å². The van der Waals surface area contributed by atoms with Crippen LogP contribution in [-0.4, -0.2) is 46.4 Å². The molecule has 160 valence electrons. The van der Waals surface area contributed by atoms with Crippen molar-refractivity contribution in [2.75, 3.05) is 13.1 Å². The van der Waals surface area contributed by atoms with Gasteiger partial charge >= 0.3 is 6.03 Å². The minimum absolute atomic E-state index is 0.214. The molecular formula is C23H23ClN4O3. The summed E-state index contributed by atoms with van der Waals surface area (Å²) in [4.78, 5) is 41.2. The summed E-state index contributed by atoms with van der Waals surface area (Å²) in [6.07, 6.45) is 1.92. The Morgan fingerprint density at radius 3 is 2.52 bits per heavy atom. The van der Waals surface area contributed by atoms with Crippen molar-refractivity contribution < 1.29 is 14.4 Å². The molecule has 1 fully saturated rings. The number of hydrogen-bond acceptors (Lipinski definition) is 3. The second kappa shape index (κ2) is 8.07. The summed E-state index contributed by atoms with van der Waals surface area (Å²) in [5.74, 6) is -1.06. The number of hydrogen-bond donors (Lipinski definition) is 3. The molecule has 7 nitrogen and oxygen atoms in total. The molecule has 1 atom stereocenters. The predicted octanol–water partition coefficient (Wildman–Crippen LogP) is 3.40. The average Bonchev–Trinajstić information content (AvgIpc) is 3.24. The van der Waals surface area contributed by atoms with Gasteiger partial charge in [-0.15, -0.1) is 0 Å². The van der Waals surface area contributed by atoms with Crippen LogP contribution in [0.15, 0.2) is 54.7 Å². The lowest BCUT2D eigenvalue weighted by Gasteiger charge is -2.20. The van der Waals surface area contributed by atoms with Crippen LogP contribution < -0.4 is 10.6 Å². The monoisotopic (exact) mass is 438 g/mol. The van der Waals surface area contributed by atoms with Gasteiger partial charge in [-0.05, 0) is 37.1 Å². The molecule has 1 aliphatic rings. The van der Waals surface area contributed by atoms with Gasteiger partial charge in [-0.3, -0.25) is 14.5 Å². The van der Waals surface area contributed by atoms with Crippen LogP contribution in [0.25, 0.3) is 10.9 Å². The maximum Gasteiger partial charge on any atom is 0.325 e. The molecule has 2 heterocycles. The van der Waals surface area contributed by atoms with E-state index in [1.807, 2.05) is 54.7 Å². The standard InChI is InChI=1S/C23H23ClN4O3/c1-23(2)21(30)28(22(31)27-23)13-20(29)26-12-16(14-7-3-5-9-18(14)24)17-11-25-19-10-6-4-8-15(17)19/h3-11,16,25H,12-13H2,1-2H3,(H,26,29)(H,27,31)/t16-/m0/s1. The van der Waals surface area contributed by atoms with Gasteiger partial charge < -0.3 is 15.6 Å². The molecular weight excluding hydrogens is 416 g/mol. The largest absolute Gasteiger partial charge is 0.361 e. The number of carbonyl (C=O) groups excluding carboxylic acids is 3. The molecule has 4 amide bonds. The Balaban J connectivity index is 1.56. The van der Waals surface area contributed by atoms with Crippen LogP contribution in [-0.2, 0) is 9.59 Å². The van der Waals surface area contributed by atoms with Gasteiger partial charge in [0.1, 0.15) is 12.1 Å². The summed E-state index contributed by atoms with van der Waals surface area (Å²) in [7, 11) is 0. The Kier molecular flexibility index (Phi) is 5.45. The normalized spacial score (nSPS) is 16.4. The van der Waals surface area contributed by atoms with Gasteiger partial charge in [0.25, 0.3) is 5.91 Å². The number of nitrogens with one attached hydrogen (secondary N) is 3. The number of fused-ring (bicyclic) bond motifs is 1. The number of aromatic nitrogens is 1. The molecule has 0 spiro atoms. The number of amides is 4. The quantitative estimate of drug-likeness (QED) is 0.515. The smallest absolute Gasteiger partial charge is 0.325 e. The van der Waals surface area contributed by atoms with Crippen LogP contribution in [0.1, 0.15) is 30.9 Å². The third kappa shape index (κ3) is 4.01. The number of H-pyrrole nitrogens is 1. The molecule has 2 aromatic carbocycles. The van der Waals surface area contributed by atoms with E-state index in [4.69, 9.17) is 11.6 Å². The second-order valence-electron chi connectivity index (χ2n) is 8.11. The van der Waals surface area contributed by atoms with Gasteiger partial charge in [-0.2, -0.15) is 0 Å². The van der Waals surface area contributed by atoms with E-state index in [9.17, 15) is 14.4 Å². The fraction of sp³-hybridized carbons (Fsp3) is 0.261. The minimum Gasteiger partial charge on any atom is -0.361 e. The first-order chi connectivity index (χ1) is 14.8. The number of benzene rings is 2. The molecule has 31 heavy (non-hydrogen) atoms. The van der Waals surface area contributed by atoms with E-state index in [2.05, 4.69) is 15.6 Å². The van der Waals surface area contributed by atoms with Crippen molar-refractivity contribution in [1.82, 2.24) is 20.5 Å². The Hall–Kier alpha value is -3.32. The summed E-state index contributed by atoms with van der Waals surface area (Å²) in [6, 6.07) is 14.9. The van der Waals surface area contributed by atoms with Gasteiger partial charge in [0, 0.05) is 34.6 Å². The van der Waals surface area contributed by atoms with E-state index in [0.717, 1.165) is 26.9 Å². The van der Waals surface area contributed by atoms with Gasteiger partial charge in [0.2, 0.25) is 5.91 Å². The lowest BCUT2D eigenvalue weighted by atomic mass is 9.90. The van der Waals surface area contributed by atoms with Crippen molar-refractivity contribution >= 4 is 40.3 Å². The van der Waals surface area contributed by atoms with E-state index in [0.29, 0.717) is 5.02 Å². The minimum atomic E-state index is -1.01. The van der Waals surface area contributed by atoms with Crippen LogP contribution in [0, 0.1) is 0 Å². The molecule has 0 unspecified atom stereocenters. The van der Waals surface area contributed by atoms with Crippen LogP contribution in [0.3, 0.4) is 0 Å². The lowest BCUT2D eigenvalue weighted by molar-refractivity contribution is -0.134. The Labute approximate surface area is 184 Å². The second-order valence-corrected chi connectivity index (χ2v) is 8.52. The first-order valence-electron chi connectivity index (χ1n) is 9.99. The SMILES string of the molecule is CC1(C)NC(=O)N(CC(=O)NC[C@@H](c2ccccc2Cl)c2c[nH]c3ccccc23)C1=O. The van der Waals surface area contributed by atoms with Crippen molar-refractivity contribution in [1.29, 1.82) is 0 Å². The molecule has 8 heteroatoms. The van der Waals surface area contributed by atoms with E-state index in [1.165, 1.54) is 0 Å². The van der Waals surface area contributed by atoms with Crippen molar-refractivity contribution in [3.05, 3.63) is 70.9 Å². The number of halogens is 1. The highest BCUT2D eigenvalue weighted by atomic mass is 35.5. The van der Waals surface area contributed by atoms with Crippen LogP contribution in [0.2, 0.25) is 5.02 Å². The van der Waals surface area contributed by atoms with Crippen molar-refractivity contribution in [2.24, 2.45) is 0 Å². The molecule has 0 aliphatic carbocycles. The highest BCUT2D eigenvalue weighted by Gasteiger charge is 2.44. The summed E-state index contributed by atoms with van der Waals surface area (Å²) in [5, 5.41) is 7.09. The number of aromatic amines is 1. The van der Waals surface area contributed by atoms with Gasteiger partial charge in [0.15, 0.2) is 0 Å². The van der Waals surface area contributed by atoms with E-state index in [-0.39, 0.29) is 19.0 Å². The fourth-order valence-corrected chi connectivity index (χ4v) is 4.17. The summed E-state index contributed by atoms with van der Waals surface area (Å²) < 4.78 is 0. The maximum absolute atomic E-state index is 12.6. The number of rotatable bonds is 6. The maximum atomic E-state index is 12.6. The molecule has 4 rings (SSSR count). The van der Waals surface area contributed by atoms with Crippen molar-refractivity contribution in [3.63, 3.8) is 0 Å². The Morgan fingerprint density at radius 1 is 1.10 bits per heavy atom. The third-order valence-electron chi connectivity index (χ3n) is 5.53. The Morgan fingerprint density at radius 2 is 1.81 bits per heavy atom. The van der Waals surface area contributed by atoms with Crippen molar-refractivity contribution in [3.8, 4) is 0 Å². The zero-order valence-corrected chi connectivity index (χ0v) is 18.0. The molecule has 3 aromatic rings. The van der Waals surface area contributed by atoms with E-state index < -0.39 is 23.4 Å². The number of nitrogens with zero attached hydrogens (tertiary/aromatic N) is 1. The van der Waals surface area contributed by atoms with Crippen LogP contribution in [0.5, 0.6) is 0 Å². The van der Waals surface area contributed by atoms with E-state index >= 15 is 0 Å². The molecule has 3 N–H and O–H groups in total. The third-order valence-corrected chi connectivity index (χ3v) is 5.87. The van der Waals surface area contributed by atoms with Gasteiger partial charge in [0.05, 0.1) is 0 Å². The van der Waals surface area contributed by atoms with Crippen molar-refractivity contribution in [2.45, 2.75) is 25.3 Å². The molecule has 1 saturated heterocycles.